The number of ether oxygens (including phenoxy) is 1. The fraction of sp³-hybridized carbons (Fsp3) is 0.421. The van der Waals surface area contributed by atoms with Gasteiger partial charge in [0.2, 0.25) is 0 Å². The van der Waals surface area contributed by atoms with E-state index in [2.05, 4.69) is 15.3 Å². The summed E-state index contributed by atoms with van der Waals surface area (Å²) in [5.41, 5.74) is 1.26. The van der Waals surface area contributed by atoms with Crippen molar-refractivity contribution in [3.8, 4) is 10.0 Å². The maximum absolute atomic E-state index is 13.2. The number of amides is 1. The maximum atomic E-state index is 13.2. The zero-order chi connectivity index (χ0) is 19.4. The van der Waals surface area contributed by atoms with Gasteiger partial charge in [-0.25, -0.2) is 14.4 Å². The molecule has 1 N–H and O–H groups in total. The summed E-state index contributed by atoms with van der Waals surface area (Å²) in [5.74, 6) is -0.0694. The lowest BCUT2D eigenvalue weighted by Gasteiger charge is -2.18. The molecule has 1 aliphatic rings. The number of hydrogen-bond donors (Lipinski definition) is 1. The average molecular weight is 408 g/mol. The fourth-order valence-electron chi connectivity index (χ4n) is 2.83. The van der Waals surface area contributed by atoms with E-state index in [1.807, 2.05) is 19.2 Å². The monoisotopic (exact) mass is 407 g/mol. The Balaban J connectivity index is 1.83. The summed E-state index contributed by atoms with van der Waals surface area (Å²) < 4.78 is 18.8. The number of halogens is 1. The summed E-state index contributed by atoms with van der Waals surface area (Å²) in [6, 6.07) is 0. The topological polar surface area (TPSA) is 64.1 Å². The van der Waals surface area contributed by atoms with E-state index in [4.69, 9.17) is 4.74 Å². The Hall–Kier alpha value is -1.90. The fourth-order valence-corrected chi connectivity index (χ4v) is 4.82. The van der Waals surface area contributed by atoms with Crippen molar-refractivity contribution in [1.29, 1.82) is 0 Å². The number of aromatic nitrogens is 2. The number of carbonyl (C=O) groups excluding carboxylic acids is 1. The molecule has 0 saturated heterocycles. The average Bonchev–Trinajstić information content (AvgIpc) is 3.31. The number of methoxy groups -OCH3 is 1. The maximum Gasteiger partial charge on any atom is 0.271 e. The Labute approximate surface area is 166 Å². The zero-order valence-corrected chi connectivity index (χ0v) is 17.1. The van der Waals surface area contributed by atoms with Crippen LogP contribution < -0.4 is 5.32 Å². The summed E-state index contributed by atoms with van der Waals surface area (Å²) in [6.07, 6.45) is 5.93. The van der Waals surface area contributed by atoms with Crippen LogP contribution in [-0.2, 0) is 4.74 Å². The van der Waals surface area contributed by atoms with E-state index in [1.54, 1.807) is 25.5 Å². The van der Waals surface area contributed by atoms with Gasteiger partial charge in [0.05, 0.1) is 11.0 Å². The molecule has 8 heteroatoms. The highest BCUT2D eigenvalue weighted by atomic mass is 32.1. The highest BCUT2D eigenvalue weighted by Gasteiger charge is 2.28. The number of nitrogens with one attached hydrogen (secondary N) is 1. The molecule has 2 unspecified atom stereocenters. The third-order valence-corrected chi connectivity index (χ3v) is 6.21. The quantitative estimate of drug-likeness (QED) is 0.731. The molecule has 0 aromatic carbocycles. The molecular formula is C19H22FN3O2S2. The first-order valence-electron chi connectivity index (χ1n) is 8.72. The molecule has 27 heavy (non-hydrogen) atoms. The SMILES string of the molecule is COC(c1sc(-c2nccs2)nc1C(=O)NCC1=CCC(F)C=C1)C(C)C. The van der Waals surface area contributed by atoms with Gasteiger partial charge in [-0.3, -0.25) is 4.79 Å². The first-order chi connectivity index (χ1) is 13.0. The predicted molar refractivity (Wildman–Crippen MR) is 107 cm³/mol. The molecule has 1 aliphatic carbocycles. The lowest BCUT2D eigenvalue weighted by atomic mass is 10.0. The Morgan fingerprint density at radius 2 is 2.26 bits per heavy atom. The van der Waals surface area contributed by atoms with Crippen molar-refractivity contribution in [3.05, 3.63) is 45.9 Å². The minimum atomic E-state index is -0.941. The van der Waals surface area contributed by atoms with Crippen LogP contribution in [0.15, 0.2) is 35.4 Å². The Morgan fingerprint density at radius 1 is 1.44 bits per heavy atom. The van der Waals surface area contributed by atoms with Gasteiger partial charge in [-0.05, 0) is 11.5 Å². The Kier molecular flexibility index (Phi) is 6.51. The number of thiazole rings is 2. The normalized spacial score (nSPS) is 17.8. The lowest BCUT2D eigenvalue weighted by molar-refractivity contribution is 0.0656. The number of rotatable bonds is 7. The van der Waals surface area contributed by atoms with Crippen molar-refractivity contribution < 1.29 is 13.9 Å². The second-order valence-corrected chi connectivity index (χ2v) is 8.47. The Morgan fingerprint density at radius 3 is 2.85 bits per heavy atom. The van der Waals surface area contributed by atoms with Crippen LogP contribution in [0.25, 0.3) is 10.0 Å². The van der Waals surface area contributed by atoms with E-state index in [0.717, 1.165) is 15.5 Å². The van der Waals surface area contributed by atoms with Crippen LogP contribution in [0.2, 0.25) is 0 Å². The summed E-state index contributed by atoms with van der Waals surface area (Å²) >= 11 is 2.93. The van der Waals surface area contributed by atoms with Gasteiger partial charge in [-0.2, -0.15) is 0 Å². The summed E-state index contributed by atoms with van der Waals surface area (Å²) in [6.45, 7) is 4.43. The standard InChI is InChI=1S/C19H22FN3O2S2/c1-11(2)15(25-3)16-14(23-19(27-16)18-21-8-9-26-18)17(24)22-10-12-4-6-13(20)7-5-12/h4-6,8-9,11,13,15H,7,10H2,1-3H3,(H,22,24). The Bertz CT molecular complexity index is 843. The lowest BCUT2D eigenvalue weighted by Crippen LogP contribution is -2.27. The predicted octanol–water partition coefficient (Wildman–Crippen LogP) is 4.56. The molecule has 0 spiro atoms. The molecule has 0 bridgehead atoms. The minimum absolute atomic E-state index is 0.191. The molecule has 0 fully saturated rings. The molecule has 5 nitrogen and oxygen atoms in total. The van der Waals surface area contributed by atoms with Gasteiger partial charge in [0.1, 0.15) is 11.9 Å². The molecule has 2 aromatic heterocycles. The molecular weight excluding hydrogens is 385 g/mol. The first-order valence-corrected chi connectivity index (χ1v) is 10.4. The van der Waals surface area contributed by atoms with Crippen LogP contribution in [0.3, 0.4) is 0 Å². The highest BCUT2D eigenvalue weighted by Crippen LogP contribution is 2.37. The van der Waals surface area contributed by atoms with Crippen molar-refractivity contribution >= 4 is 28.6 Å². The van der Waals surface area contributed by atoms with Crippen LogP contribution in [0.4, 0.5) is 4.39 Å². The zero-order valence-electron chi connectivity index (χ0n) is 15.4. The van der Waals surface area contributed by atoms with Crippen molar-refractivity contribution in [1.82, 2.24) is 15.3 Å². The van der Waals surface area contributed by atoms with E-state index in [9.17, 15) is 9.18 Å². The van der Waals surface area contributed by atoms with Crippen LogP contribution in [0, 0.1) is 5.92 Å². The number of carbonyl (C=O) groups is 1. The summed E-state index contributed by atoms with van der Waals surface area (Å²) in [5, 5.41) is 6.27. The molecule has 2 atom stereocenters. The molecule has 0 saturated carbocycles. The number of allylic oxidation sites excluding steroid dienone is 2. The van der Waals surface area contributed by atoms with E-state index < -0.39 is 6.17 Å². The van der Waals surface area contributed by atoms with Gasteiger partial charge < -0.3 is 10.1 Å². The van der Waals surface area contributed by atoms with Crippen LogP contribution >= 0.6 is 22.7 Å². The highest BCUT2D eigenvalue weighted by molar-refractivity contribution is 7.20. The van der Waals surface area contributed by atoms with E-state index >= 15 is 0 Å². The van der Waals surface area contributed by atoms with Gasteiger partial charge in [-0.1, -0.05) is 32.1 Å². The van der Waals surface area contributed by atoms with Crippen LogP contribution in [0.1, 0.15) is 41.7 Å². The number of hydrogen-bond acceptors (Lipinski definition) is 6. The smallest absolute Gasteiger partial charge is 0.271 e. The van der Waals surface area contributed by atoms with Crippen LogP contribution in [0.5, 0.6) is 0 Å². The van der Waals surface area contributed by atoms with E-state index in [0.29, 0.717) is 23.7 Å². The molecule has 2 heterocycles. The molecule has 2 aromatic rings. The van der Waals surface area contributed by atoms with Gasteiger partial charge in [-0.15, -0.1) is 22.7 Å². The second kappa shape index (κ2) is 8.86. The van der Waals surface area contributed by atoms with E-state index in [1.165, 1.54) is 28.7 Å². The summed E-state index contributed by atoms with van der Waals surface area (Å²) in [4.78, 5) is 22.5. The molecule has 0 radical (unpaired) electrons. The molecule has 0 aliphatic heterocycles. The largest absolute Gasteiger partial charge is 0.376 e. The molecule has 3 rings (SSSR count). The van der Waals surface area contributed by atoms with Gasteiger partial charge >= 0.3 is 0 Å². The van der Waals surface area contributed by atoms with Gasteiger partial charge in [0, 0.05) is 31.7 Å². The van der Waals surface area contributed by atoms with Crippen molar-refractivity contribution in [3.63, 3.8) is 0 Å². The van der Waals surface area contributed by atoms with Crippen molar-refractivity contribution in [2.45, 2.75) is 32.5 Å². The number of nitrogens with zero attached hydrogens (tertiary/aromatic N) is 2. The second-order valence-electron chi connectivity index (χ2n) is 6.54. The number of alkyl halides is 1. The minimum Gasteiger partial charge on any atom is -0.376 e. The summed E-state index contributed by atoms with van der Waals surface area (Å²) in [7, 11) is 1.64. The molecule has 144 valence electrons. The van der Waals surface area contributed by atoms with Gasteiger partial charge in [0.15, 0.2) is 10.0 Å². The first kappa shape index (κ1) is 19.9. The third kappa shape index (κ3) is 4.69. The molecule has 1 amide bonds. The van der Waals surface area contributed by atoms with Gasteiger partial charge in [0.25, 0.3) is 5.91 Å². The van der Waals surface area contributed by atoms with E-state index in [-0.39, 0.29) is 17.9 Å². The van der Waals surface area contributed by atoms with Crippen LogP contribution in [-0.4, -0.2) is 35.7 Å². The van der Waals surface area contributed by atoms with Crippen molar-refractivity contribution in [2.24, 2.45) is 5.92 Å². The van der Waals surface area contributed by atoms with Crippen molar-refractivity contribution in [2.75, 3.05) is 13.7 Å². The third-order valence-electron chi connectivity index (χ3n) is 4.18.